The number of carbonyl (C=O) groups is 1. The predicted octanol–water partition coefficient (Wildman–Crippen LogP) is 4.22. The molecular formula is C18H28N2O5S. The average molecular weight is 384 g/mol. The summed E-state index contributed by atoms with van der Waals surface area (Å²) in [6.45, 7) is 6.64. The third-order valence-electron chi connectivity index (χ3n) is 3.96. The molecule has 146 valence electrons. The van der Waals surface area contributed by atoms with Crippen LogP contribution in [0.2, 0.25) is 0 Å². The Balaban J connectivity index is 2.19. The second-order valence-electron chi connectivity index (χ2n) is 6.13. The van der Waals surface area contributed by atoms with Gasteiger partial charge in [-0.1, -0.05) is 36.3 Å². The molecule has 0 amide bonds. The topological polar surface area (TPSA) is 91.6 Å². The minimum absolute atomic E-state index is 0.340. The van der Waals surface area contributed by atoms with Crippen LogP contribution in [-0.4, -0.2) is 51.1 Å². The van der Waals surface area contributed by atoms with E-state index >= 15 is 0 Å². The molecule has 1 aliphatic heterocycles. The van der Waals surface area contributed by atoms with Crippen LogP contribution in [0.15, 0.2) is 34.2 Å². The van der Waals surface area contributed by atoms with Gasteiger partial charge in [0.1, 0.15) is 4.90 Å². The van der Waals surface area contributed by atoms with Crippen LogP contribution in [0.1, 0.15) is 40.0 Å². The fourth-order valence-electron chi connectivity index (χ4n) is 2.71. The summed E-state index contributed by atoms with van der Waals surface area (Å²) in [5.74, 6) is -0.106. The molecule has 0 saturated carbocycles. The fourth-order valence-corrected chi connectivity index (χ4v) is 4.43. The first kappa shape index (κ1) is 20.7. The number of ether oxygens (including phenoxy) is 2. The minimum Gasteiger partial charge on any atom is -0.455 e. The van der Waals surface area contributed by atoms with E-state index in [0.29, 0.717) is 42.6 Å². The van der Waals surface area contributed by atoms with Gasteiger partial charge < -0.3 is 9.47 Å². The van der Waals surface area contributed by atoms with Crippen LogP contribution in [-0.2, 0) is 14.3 Å². The molecule has 1 aliphatic rings. The standard InChI is InChI=1S/C18H28N2O5S/c1-4-5-12-24-13-8-11-20-18(14(2)25-15(3)21)19-16-9-6-7-10-17(16)26(20,22)23/h6-7,9-10,14,22-23H,4-5,8,11-13H2,1-3H3. The highest BCUT2D eigenvalue weighted by atomic mass is 32.3. The fraction of sp³-hybridized carbons (Fsp3) is 0.556. The highest BCUT2D eigenvalue weighted by Gasteiger charge is 2.37. The zero-order chi connectivity index (χ0) is 19.2. The smallest absolute Gasteiger partial charge is 0.303 e. The summed E-state index contributed by atoms with van der Waals surface area (Å²) < 4.78 is 34.0. The number of amidine groups is 1. The van der Waals surface area contributed by atoms with Crippen LogP contribution in [0.25, 0.3) is 0 Å². The first-order valence-electron chi connectivity index (χ1n) is 8.86. The number of esters is 1. The Morgan fingerprint density at radius 1 is 1.27 bits per heavy atom. The van der Waals surface area contributed by atoms with Crippen molar-refractivity contribution in [2.24, 2.45) is 4.99 Å². The Bertz CT molecular complexity index is 650. The molecule has 0 fully saturated rings. The number of hydrogen-bond acceptors (Lipinski definition) is 7. The lowest BCUT2D eigenvalue weighted by molar-refractivity contribution is -0.142. The van der Waals surface area contributed by atoms with Crippen LogP contribution in [0.5, 0.6) is 0 Å². The maximum absolute atomic E-state index is 11.3. The highest BCUT2D eigenvalue weighted by Crippen LogP contribution is 2.58. The summed E-state index contributed by atoms with van der Waals surface area (Å²) in [6, 6.07) is 6.90. The Morgan fingerprint density at radius 3 is 2.65 bits per heavy atom. The first-order chi connectivity index (χ1) is 12.4. The summed E-state index contributed by atoms with van der Waals surface area (Å²) in [5.41, 5.74) is 0.483. The van der Waals surface area contributed by atoms with Crippen LogP contribution in [0, 0.1) is 0 Å². The number of rotatable bonds is 9. The number of carbonyl (C=O) groups excluding carboxylic acids is 1. The second kappa shape index (κ2) is 9.36. The molecule has 2 N–H and O–H groups in total. The predicted molar refractivity (Wildman–Crippen MR) is 103 cm³/mol. The van der Waals surface area contributed by atoms with Crippen molar-refractivity contribution in [3.63, 3.8) is 0 Å². The summed E-state index contributed by atoms with van der Waals surface area (Å²) in [7, 11) is -3.25. The molecule has 0 bridgehead atoms. The van der Waals surface area contributed by atoms with Gasteiger partial charge in [0.2, 0.25) is 0 Å². The molecule has 0 aromatic heterocycles. The molecule has 2 rings (SSSR count). The largest absolute Gasteiger partial charge is 0.455 e. The van der Waals surface area contributed by atoms with Crippen LogP contribution in [0.4, 0.5) is 5.69 Å². The highest BCUT2D eigenvalue weighted by molar-refractivity contribution is 8.22. The molecule has 26 heavy (non-hydrogen) atoms. The number of para-hydroxylation sites is 1. The van der Waals surface area contributed by atoms with Crippen LogP contribution in [0.3, 0.4) is 0 Å². The molecule has 0 saturated heterocycles. The van der Waals surface area contributed by atoms with Gasteiger partial charge in [0, 0.05) is 26.7 Å². The number of unbranched alkanes of at least 4 members (excludes halogenated alkanes) is 1. The molecule has 7 nitrogen and oxygen atoms in total. The van der Waals surface area contributed by atoms with Gasteiger partial charge in [0.15, 0.2) is 11.9 Å². The molecule has 1 aromatic rings. The maximum atomic E-state index is 11.3. The van der Waals surface area contributed by atoms with E-state index in [-0.39, 0.29) is 0 Å². The lowest BCUT2D eigenvalue weighted by Crippen LogP contribution is -2.43. The van der Waals surface area contributed by atoms with E-state index in [1.165, 1.54) is 11.2 Å². The van der Waals surface area contributed by atoms with Gasteiger partial charge in [-0.3, -0.25) is 18.2 Å². The zero-order valence-electron chi connectivity index (χ0n) is 15.6. The summed E-state index contributed by atoms with van der Waals surface area (Å²) >= 11 is 0. The van der Waals surface area contributed by atoms with E-state index < -0.39 is 22.8 Å². The van der Waals surface area contributed by atoms with Gasteiger partial charge in [-0.05, 0) is 31.9 Å². The number of hydrogen-bond donors (Lipinski definition) is 2. The van der Waals surface area contributed by atoms with Crippen molar-refractivity contribution in [2.75, 3.05) is 19.8 Å². The van der Waals surface area contributed by atoms with Crippen molar-refractivity contribution in [1.82, 2.24) is 4.31 Å². The van der Waals surface area contributed by atoms with Crippen molar-refractivity contribution in [1.29, 1.82) is 0 Å². The summed E-state index contributed by atoms with van der Waals surface area (Å²) in [5, 5.41) is 0. The molecule has 0 aliphatic carbocycles. The van der Waals surface area contributed by atoms with Gasteiger partial charge in [0.05, 0.1) is 5.69 Å². The van der Waals surface area contributed by atoms with Crippen molar-refractivity contribution in [2.45, 2.75) is 51.0 Å². The lowest BCUT2D eigenvalue weighted by atomic mass is 10.3. The third-order valence-corrected chi connectivity index (χ3v) is 5.88. The molecular weight excluding hydrogens is 356 g/mol. The van der Waals surface area contributed by atoms with E-state index in [9.17, 15) is 13.9 Å². The quantitative estimate of drug-likeness (QED) is 0.489. The van der Waals surface area contributed by atoms with Gasteiger partial charge in [0.25, 0.3) is 0 Å². The summed E-state index contributed by atoms with van der Waals surface area (Å²) in [4.78, 5) is 16.2. The maximum Gasteiger partial charge on any atom is 0.303 e. The Hall–Kier alpha value is -1.61. The van der Waals surface area contributed by atoms with Crippen LogP contribution >= 0.6 is 10.8 Å². The number of nitrogens with zero attached hydrogens (tertiary/aromatic N) is 2. The molecule has 0 spiro atoms. The average Bonchev–Trinajstić information content (AvgIpc) is 2.58. The molecule has 1 atom stereocenters. The van der Waals surface area contributed by atoms with Crippen molar-refractivity contribution >= 4 is 28.3 Å². The second-order valence-corrected chi connectivity index (χ2v) is 8.05. The molecule has 1 aromatic carbocycles. The van der Waals surface area contributed by atoms with E-state index in [0.717, 1.165) is 12.8 Å². The van der Waals surface area contributed by atoms with E-state index in [1.807, 2.05) is 0 Å². The normalized spacial score (nSPS) is 17.9. The lowest BCUT2D eigenvalue weighted by Gasteiger charge is -2.48. The number of benzene rings is 1. The minimum atomic E-state index is -3.25. The molecule has 0 radical (unpaired) electrons. The monoisotopic (exact) mass is 384 g/mol. The van der Waals surface area contributed by atoms with Crippen molar-refractivity contribution in [3.05, 3.63) is 24.3 Å². The van der Waals surface area contributed by atoms with Gasteiger partial charge in [-0.15, -0.1) is 0 Å². The van der Waals surface area contributed by atoms with Crippen LogP contribution < -0.4 is 0 Å². The van der Waals surface area contributed by atoms with Gasteiger partial charge in [-0.25, -0.2) is 4.99 Å². The number of aliphatic imine (C=N–C) groups is 1. The molecule has 8 heteroatoms. The van der Waals surface area contributed by atoms with Crippen molar-refractivity contribution < 1.29 is 23.4 Å². The van der Waals surface area contributed by atoms with Gasteiger partial charge in [-0.2, -0.15) is 0 Å². The molecule has 1 heterocycles. The van der Waals surface area contributed by atoms with E-state index in [2.05, 4.69) is 11.9 Å². The first-order valence-corrected chi connectivity index (χ1v) is 10.4. The third kappa shape index (κ3) is 4.97. The van der Waals surface area contributed by atoms with E-state index in [1.54, 1.807) is 31.2 Å². The van der Waals surface area contributed by atoms with Crippen molar-refractivity contribution in [3.8, 4) is 0 Å². The SMILES string of the molecule is CCCCOCCCN1C(C(C)OC(C)=O)=Nc2ccccc2S1(O)O. The Morgan fingerprint density at radius 2 is 1.96 bits per heavy atom. The Labute approximate surface area is 156 Å². The van der Waals surface area contributed by atoms with Gasteiger partial charge >= 0.3 is 5.97 Å². The number of fused-ring (bicyclic) bond motifs is 1. The summed E-state index contributed by atoms with van der Waals surface area (Å²) in [6.07, 6.45) is 1.99. The Kier molecular flexibility index (Phi) is 7.45. The van der Waals surface area contributed by atoms with E-state index in [4.69, 9.17) is 9.47 Å². The molecule has 1 unspecified atom stereocenters. The zero-order valence-corrected chi connectivity index (χ0v) is 16.4.